The minimum atomic E-state index is -0.0524. The van der Waals surface area contributed by atoms with E-state index in [2.05, 4.69) is 52.0 Å². The molecule has 3 heterocycles. The fourth-order valence-corrected chi connectivity index (χ4v) is 4.51. The number of hydrazine groups is 1. The van der Waals surface area contributed by atoms with Crippen LogP contribution in [-0.2, 0) is 0 Å². The van der Waals surface area contributed by atoms with Crippen molar-refractivity contribution in [3.05, 3.63) is 52.8 Å². The lowest BCUT2D eigenvalue weighted by Gasteiger charge is -2.36. The maximum atomic E-state index is 12.8. The van der Waals surface area contributed by atoms with E-state index in [-0.39, 0.29) is 11.9 Å². The van der Waals surface area contributed by atoms with Crippen LogP contribution in [-0.4, -0.2) is 46.5 Å². The first-order chi connectivity index (χ1) is 13.5. The molecule has 1 amide bonds. The van der Waals surface area contributed by atoms with Crippen LogP contribution in [0, 0.1) is 19.8 Å². The van der Waals surface area contributed by atoms with Crippen molar-refractivity contribution in [1.82, 2.24) is 25.7 Å². The standard InChI is InChI=1S/C21H28N6O/c1-13-4-3-5-16(10-13)17-12-23-26-19(17)15-6-8-27(9-7-15)20(28)18-11-14(2)24-21(22)25-18/h3-5,10-11,15,17,19,23,26H,6-9,12H2,1-2H3,(H2,22,24,25). The number of carbonyl (C=O) groups is 1. The van der Waals surface area contributed by atoms with Crippen LogP contribution >= 0.6 is 0 Å². The number of aryl methyl sites for hydroxylation is 2. The summed E-state index contributed by atoms with van der Waals surface area (Å²) in [6.45, 7) is 6.38. The van der Waals surface area contributed by atoms with Crippen molar-refractivity contribution in [2.45, 2.75) is 38.6 Å². The third-order valence-electron chi connectivity index (χ3n) is 5.92. The number of piperidine rings is 1. The zero-order chi connectivity index (χ0) is 19.7. The molecule has 2 saturated heterocycles. The molecule has 2 atom stereocenters. The van der Waals surface area contributed by atoms with Crippen molar-refractivity contribution in [2.75, 3.05) is 25.4 Å². The fourth-order valence-electron chi connectivity index (χ4n) is 4.51. The second-order valence-corrected chi connectivity index (χ2v) is 7.95. The van der Waals surface area contributed by atoms with E-state index in [0.29, 0.717) is 29.3 Å². The number of hydrogen-bond donors (Lipinski definition) is 3. The highest BCUT2D eigenvalue weighted by atomic mass is 16.2. The van der Waals surface area contributed by atoms with E-state index in [1.165, 1.54) is 11.1 Å². The number of hydrogen-bond acceptors (Lipinski definition) is 6. The Bertz CT molecular complexity index is 841. The lowest BCUT2D eigenvalue weighted by Crippen LogP contribution is -2.46. The van der Waals surface area contributed by atoms with Crippen LogP contribution in [0.25, 0.3) is 0 Å². The first-order valence-electron chi connectivity index (χ1n) is 9.96. The van der Waals surface area contributed by atoms with Crippen molar-refractivity contribution in [3.8, 4) is 0 Å². The highest BCUT2D eigenvalue weighted by Crippen LogP contribution is 2.33. The Morgan fingerprint density at radius 1 is 1.18 bits per heavy atom. The Balaban J connectivity index is 1.41. The zero-order valence-electron chi connectivity index (χ0n) is 16.5. The van der Waals surface area contributed by atoms with Crippen molar-refractivity contribution >= 4 is 11.9 Å². The van der Waals surface area contributed by atoms with Gasteiger partial charge in [0.25, 0.3) is 5.91 Å². The molecule has 0 saturated carbocycles. The number of benzene rings is 1. The quantitative estimate of drug-likeness (QED) is 0.751. The normalized spacial score (nSPS) is 23.1. The highest BCUT2D eigenvalue weighted by molar-refractivity contribution is 5.92. The number of carbonyl (C=O) groups excluding carboxylic acids is 1. The van der Waals surface area contributed by atoms with Gasteiger partial charge in [-0.25, -0.2) is 9.97 Å². The molecule has 4 N–H and O–H groups in total. The number of nitrogen functional groups attached to an aromatic ring is 1. The summed E-state index contributed by atoms with van der Waals surface area (Å²) in [4.78, 5) is 22.9. The summed E-state index contributed by atoms with van der Waals surface area (Å²) < 4.78 is 0. The summed E-state index contributed by atoms with van der Waals surface area (Å²) >= 11 is 0. The zero-order valence-corrected chi connectivity index (χ0v) is 16.5. The Kier molecular flexibility index (Phi) is 5.28. The van der Waals surface area contributed by atoms with Gasteiger partial charge < -0.3 is 10.6 Å². The molecule has 1 aromatic heterocycles. The van der Waals surface area contributed by atoms with Gasteiger partial charge in [-0.05, 0) is 44.2 Å². The number of nitrogens with zero attached hydrogens (tertiary/aromatic N) is 3. The minimum Gasteiger partial charge on any atom is -0.368 e. The Hall–Kier alpha value is -2.51. The summed E-state index contributed by atoms with van der Waals surface area (Å²) in [6, 6.07) is 10.9. The molecular weight excluding hydrogens is 352 g/mol. The largest absolute Gasteiger partial charge is 0.368 e. The molecule has 2 aromatic rings. The van der Waals surface area contributed by atoms with Crippen LogP contribution in [0.15, 0.2) is 30.3 Å². The molecule has 7 heteroatoms. The number of rotatable bonds is 3. The first-order valence-corrected chi connectivity index (χ1v) is 9.96. The van der Waals surface area contributed by atoms with E-state index in [1.54, 1.807) is 6.07 Å². The van der Waals surface area contributed by atoms with Crippen molar-refractivity contribution in [1.29, 1.82) is 0 Å². The molecular formula is C21H28N6O. The molecule has 148 valence electrons. The maximum absolute atomic E-state index is 12.8. The minimum absolute atomic E-state index is 0.0524. The second-order valence-electron chi connectivity index (χ2n) is 7.95. The molecule has 2 fully saturated rings. The molecule has 28 heavy (non-hydrogen) atoms. The van der Waals surface area contributed by atoms with Crippen LogP contribution in [0.3, 0.4) is 0 Å². The number of likely N-dealkylation sites (tertiary alicyclic amines) is 1. The van der Waals surface area contributed by atoms with Crippen LogP contribution in [0.4, 0.5) is 5.95 Å². The molecule has 4 rings (SSSR count). The summed E-state index contributed by atoms with van der Waals surface area (Å²) in [7, 11) is 0. The third-order valence-corrected chi connectivity index (χ3v) is 5.92. The van der Waals surface area contributed by atoms with Crippen molar-refractivity contribution in [2.24, 2.45) is 5.92 Å². The van der Waals surface area contributed by atoms with Gasteiger partial charge >= 0.3 is 0 Å². The van der Waals surface area contributed by atoms with Gasteiger partial charge in [-0.15, -0.1) is 0 Å². The van der Waals surface area contributed by atoms with E-state index in [0.717, 1.165) is 32.5 Å². The average Bonchev–Trinajstić information content (AvgIpc) is 3.17. The molecule has 2 aliphatic heterocycles. The van der Waals surface area contributed by atoms with Gasteiger partial charge in [0, 0.05) is 37.3 Å². The molecule has 0 spiro atoms. The van der Waals surface area contributed by atoms with Gasteiger partial charge in [0.05, 0.1) is 0 Å². The number of nitrogens with one attached hydrogen (secondary N) is 2. The van der Waals surface area contributed by atoms with E-state index < -0.39 is 0 Å². The second kappa shape index (κ2) is 7.85. The summed E-state index contributed by atoms with van der Waals surface area (Å²) in [5.41, 5.74) is 16.3. The average molecular weight is 380 g/mol. The van der Waals surface area contributed by atoms with E-state index in [9.17, 15) is 4.79 Å². The Morgan fingerprint density at radius 2 is 1.96 bits per heavy atom. The van der Waals surface area contributed by atoms with E-state index >= 15 is 0 Å². The molecule has 0 bridgehead atoms. The van der Waals surface area contributed by atoms with Crippen LogP contribution in [0.5, 0.6) is 0 Å². The van der Waals surface area contributed by atoms with Gasteiger partial charge in [-0.1, -0.05) is 29.8 Å². The maximum Gasteiger partial charge on any atom is 0.272 e. The molecule has 1 aromatic carbocycles. The van der Waals surface area contributed by atoms with Gasteiger partial charge in [0.15, 0.2) is 0 Å². The SMILES string of the molecule is Cc1cccc(C2CNNC2C2CCN(C(=O)c3cc(C)nc(N)n3)CC2)c1. The van der Waals surface area contributed by atoms with E-state index in [4.69, 9.17) is 5.73 Å². The van der Waals surface area contributed by atoms with E-state index in [1.807, 2.05) is 11.8 Å². The Morgan fingerprint density at radius 3 is 2.68 bits per heavy atom. The lowest BCUT2D eigenvalue weighted by atomic mass is 9.80. The predicted molar refractivity (Wildman–Crippen MR) is 109 cm³/mol. The molecule has 0 radical (unpaired) electrons. The molecule has 0 aliphatic carbocycles. The Labute approximate surface area is 165 Å². The van der Waals surface area contributed by atoms with Gasteiger partial charge in [0.2, 0.25) is 5.95 Å². The highest BCUT2D eigenvalue weighted by Gasteiger charge is 2.37. The first kappa shape index (κ1) is 18.8. The fraction of sp³-hybridized carbons (Fsp3) is 0.476. The summed E-state index contributed by atoms with van der Waals surface area (Å²) in [6.07, 6.45) is 1.96. The van der Waals surface area contributed by atoms with Crippen molar-refractivity contribution < 1.29 is 4.79 Å². The lowest BCUT2D eigenvalue weighted by molar-refractivity contribution is 0.0664. The number of amides is 1. The molecule has 7 nitrogen and oxygen atoms in total. The van der Waals surface area contributed by atoms with Crippen LogP contribution in [0.2, 0.25) is 0 Å². The molecule has 2 aliphatic rings. The predicted octanol–water partition coefficient (Wildman–Crippen LogP) is 1.79. The summed E-state index contributed by atoms with van der Waals surface area (Å²) in [5, 5.41) is 0. The summed E-state index contributed by atoms with van der Waals surface area (Å²) in [5.74, 6) is 1.09. The van der Waals surface area contributed by atoms with Crippen LogP contribution in [0.1, 0.15) is 46.1 Å². The number of anilines is 1. The number of nitrogens with two attached hydrogens (primary N) is 1. The number of aromatic nitrogens is 2. The van der Waals surface area contributed by atoms with Crippen LogP contribution < -0.4 is 16.6 Å². The monoisotopic (exact) mass is 380 g/mol. The van der Waals surface area contributed by atoms with Gasteiger partial charge in [-0.3, -0.25) is 15.6 Å². The molecule has 2 unspecified atom stereocenters. The smallest absolute Gasteiger partial charge is 0.272 e. The topological polar surface area (TPSA) is 96.2 Å². The van der Waals surface area contributed by atoms with Gasteiger partial charge in [-0.2, -0.15) is 0 Å². The third kappa shape index (κ3) is 3.86. The van der Waals surface area contributed by atoms with Gasteiger partial charge in [0.1, 0.15) is 5.69 Å². The van der Waals surface area contributed by atoms with Crippen molar-refractivity contribution in [3.63, 3.8) is 0 Å².